The molecular formula is C11H15FN2O4S. The number of pyridine rings is 1. The Morgan fingerprint density at radius 2 is 2.16 bits per heavy atom. The molecule has 1 rings (SSSR count). The maximum Gasteiger partial charge on any atom is 0.305 e. The molecule has 0 aromatic carbocycles. The first kappa shape index (κ1) is 15.5. The van der Waals surface area contributed by atoms with Crippen LogP contribution < -0.4 is 0 Å². The van der Waals surface area contributed by atoms with E-state index in [-0.39, 0.29) is 17.9 Å². The van der Waals surface area contributed by atoms with Crippen LogP contribution in [0.1, 0.15) is 12.8 Å². The Bertz CT molecular complexity index is 547. The number of halogens is 1. The molecule has 0 saturated heterocycles. The number of carbonyl (C=O) groups excluding carboxylic acids is 1. The molecule has 0 aliphatic carbocycles. The van der Waals surface area contributed by atoms with Gasteiger partial charge in [0.1, 0.15) is 10.7 Å². The summed E-state index contributed by atoms with van der Waals surface area (Å²) in [6.07, 6.45) is 2.45. The summed E-state index contributed by atoms with van der Waals surface area (Å²) in [5.41, 5.74) is 0. The molecule has 1 heterocycles. The Morgan fingerprint density at radius 3 is 2.74 bits per heavy atom. The molecule has 106 valence electrons. The van der Waals surface area contributed by atoms with Crippen LogP contribution in [0, 0.1) is 5.82 Å². The normalized spacial score (nSPS) is 11.6. The number of esters is 1. The first-order valence-corrected chi connectivity index (χ1v) is 6.95. The number of aromatic nitrogens is 1. The summed E-state index contributed by atoms with van der Waals surface area (Å²) in [6.45, 7) is 0.133. The molecular weight excluding hydrogens is 275 g/mol. The molecule has 0 atom stereocenters. The number of nitrogens with zero attached hydrogens (tertiary/aromatic N) is 2. The molecule has 0 aliphatic heterocycles. The minimum Gasteiger partial charge on any atom is -0.469 e. The predicted octanol–water partition coefficient (Wildman–Crippen LogP) is 0.794. The quantitative estimate of drug-likeness (QED) is 0.724. The first-order chi connectivity index (χ1) is 8.87. The Kier molecular flexibility index (Phi) is 5.37. The predicted molar refractivity (Wildman–Crippen MR) is 65.3 cm³/mol. The molecule has 0 fully saturated rings. The molecule has 0 radical (unpaired) electrons. The number of rotatable bonds is 6. The zero-order chi connectivity index (χ0) is 14.5. The van der Waals surface area contributed by atoms with E-state index in [1.807, 2.05) is 0 Å². The zero-order valence-corrected chi connectivity index (χ0v) is 11.5. The highest BCUT2D eigenvalue weighted by molar-refractivity contribution is 7.89. The van der Waals surface area contributed by atoms with Crippen molar-refractivity contribution in [2.24, 2.45) is 0 Å². The van der Waals surface area contributed by atoms with Gasteiger partial charge in [-0.25, -0.2) is 17.1 Å². The van der Waals surface area contributed by atoms with Crippen LogP contribution in [0.4, 0.5) is 4.39 Å². The van der Waals surface area contributed by atoms with E-state index < -0.39 is 21.8 Å². The van der Waals surface area contributed by atoms with E-state index in [0.29, 0.717) is 6.42 Å². The molecule has 0 saturated carbocycles. The van der Waals surface area contributed by atoms with E-state index in [2.05, 4.69) is 9.72 Å². The molecule has 0 N–H and O–H groups in total. The third kappa shape index (κ3) is 4.25. The van der Waals surface area contributed by atoms with Gasteiger partial charge in [0, 0.05) is 26.2 Å². The summed E-state index contributed by atoms with van der Waals surface area (Å²) in [5.74, 6) is -1.12. The van der Waals surface area contributed by atoms with E-state index >= 15 is 0 Å². The van der Waals surface area contributed by atoms with Crippen molar-refractivity contribution in [3.8, 4) is 0 Å². The van der Waals surface area contributed by atoms with Crippen molar-refractivity contribution in [1.82, 2.24) is 9.29 Å². The molecule has 0 aliphatic rings. The lowest BCUT2D eigenvalue weighted by atomic mass is 10.3. The van der Waals surface area contributed by atoms with Gasteiger partial charge in [-0.15, -0.1) is 0 Å². The van der Waals surface area contributed by atoms with Crippen molar-refractivity contribution >= 4 is 16.0 Å². The van der Waals surface area contributed by atoms with Crippen molar-refractivity contribution < 1.29 is 22.3 Å². The molecule has 1 aromatic rings. The van der Waals surface area contributed by atoms with Gasteiger partial charge >= 0.3 is 5.97 Å². The van der Waals surface area contributed by atoms with Gasteiger partial charge in [-0.2, -0.15) is 0 Å². The molecule has 19 heavy (non-hydrogen) atoms. The molecule has 0 spiro atoms. The lowest BCUT2D eigenvalue weighted by molar-refractivity contribution is -0.140. The number of ether oxygens (including phenoxy) is 1. The van der Waals surface area contributed by atoms with Crippen LogP contribution >= 0.6 is 0 Å². The van der Waals surface area contributed by atoms with Crippen LogP contribution in [0.15, 0.2) is 23.4 Å². The fraction of sp³-hybridized carbons (Fsp3) is 0.455. The van der Waals surface area contributed by atoms with E-state index in [4.69, 9.17) is 0 Å². The molecule has 0 amide bonds. The van der Waals surface area contributed by atoms with Gasteiger partial charge in [0.2, 0.25) is 10.0 Å². The molecule has 0 bridgehead atoms. The Balaban J connectivity index is 2.70. The highest BCUT2D eigenvalue weighted by atomic mass is 32.2. The summed E-state index contributed by atoms with van der Waals surface area (Å²) < 4.78 is 42.5. The standard InChI is InChI=1S/C11H15FN2O4S/c1-14(5-3-4-11(15)18-2)19(16,17)10-6-9(12)7-13-8-10/h6-8H,3-5H2,1-2H3. The Labute approximate surface area is 111 Å². The maximum atomic E-state index is 13.0. The Morgan fingerprint density at radius 1 is 1.47 bits per heavy atom. The Hall–Kier alpha value is -1.54. The number of hydrogen-bond acceptors (Lipinski definition) is 5. The second kappa shape index (κ2) is 6.58. The fourth-order valence-electron chi connectivity index (χ4n) is 1.38. The van der Waals surface area contributed by atoms with Crippen LogP contribution in [0.5, 0.6) is 0 Å². The van der Waals surface area contributed by atoms with E-state index in [9.17, 15) is 17.6 Å². The van der Waals surface area contributed by atoms with Crippen molar-refractivity contribution in [3.05, 3.63) is 24.3 Å². The van der Waals surface area contributed by atoms with Gasteiger partial charge in [-0.3, -0.25) is 9.78 Å². The molecule has 1 aromatic heterocycles. The second-order valence-electron chi connectivity index (χ2n) is 3.85. The van der Waals surface area contributed by atoms with Gasteiger partial charge in [-0.05, 0) is 12.5 Å². The largest absolute Gasteiger partial charge is 0.469 e. The van der Waals surface area contributed by atoms with Crippen LogP contribution in [-0.2, 0) is 19.6 Å². The molecule has 6 nitrogen and oxygen atoms in total. The fourth-order valence-corrected chi connectivity index (χ4v) is 2.57. The van der Waals surface area contributed by atoms with Gasteiger partial charge in [0.25, 0.3) is 0 Å². The summed E-state index contributed by atoms with van der Waals surface area (Å²) in [5, 5.41) is 0. The zero-order valence-electron chi connectivity index (χ0n) is 10.7. The van der Waals surface area contributed by atoms with Gasteiger partial charge in [0.05, 0.1) is 13.3 Å². The van der Waals surface area contributed by atoms with Crippen molar-refractivity contribution in [2.45, 2.75) is 17.7 Å². The smallest absolute Gasteiger partial charge is 0.305 e. The molecule has 8 heteroatoms. The SMILES string of the molecule is COC(=O)CCCN(C)S(=O)(=O)c1cncc(F)c1. The number of hydrogen-bond donors (Lipinski definition) is 0. The average Bonchev–Trinajstić information content (AvgIpc) is 2.38. The van der Waals surface area contributed by atoms with Gasteiger partial charge in [-0.1, -0.05) is 0 Å². The topological polar surface area (TPSA) is 76.6 Å². The number of methoxy groups -OCH3 is 1. The lowest BCUT2D eigenvalue weighted by Gasteiger charge is -2.16. The third-order valence-corrected chi connectivity index (χ3v) is 4.29. The maximum absolute atomic E-state index is 13.0. The average molecular weight is 290 g/mol. The lowest BCUT2D eigenvalue weighted by Crippen LogP contribution is -2.28. The number of carbonyl (C=O) groups is 1. The monoisotopic (exact) mass is 290 g/mol. The van der Waals surface area contributed by atoms with E-state index in [1.165, 1.54) is 14.2 Å². The van der Waals surface area contributed by atoms with Crippen molar-refractivity contribution in [3.63, 3.8) is 0 Å². The number of sulfonamides is 1. The minimum absolute atomic E-state index is 0.123. The van der Waals surface area contributed by atoms with E-state index in [1.54, 1.807) is 0 Å². The van der Waals surface area contributed by atoms with Gasteiger partial charge < -0.3 is 4.74 Å². The van der Waals surface area contributed by atoms with Crippen molar-refractivity contribution in [2.75, 3.05) is 20.7 Å². The van der Waals surface area contributed by atoms with Crippen LogP contribution in [0.25, 0.3) is 0 Å². The van der Waals surface area contributed by atoms with Crippen LogP contribution in [-0.4, -0.2) is 44.4 Å². The summed E-state index contributed by atoms with van der Waals surface area (Å²) in [6, 6.07) is 0.902. The summed E-state index contributed by atoms with van der Waals surface area (Å²) in [4.78, 5) is 14.2. The highest BCUT2D eigenvalue weighted by Crippen LogP contribution is 2.14. The molecule has 0 unspecified atom stereocenters. The first-order valence-electron chi connectivity index (χ1n) is 5.51. The highest BCUT2D eigenvalue weighted by Gasteiger charge is 2.21. The van der Waals surface area contributed by atoms with Crippen LogP contribution in [0.3, 0.4) is 0 Å². The van der Waals surface area contributed by atoms with Gasteiger partial charge in [0.15, 0.2) is 0 Å². The third-order valence-electron chi connectivity index (χ3n) is 2.47. The van der Waals surface area contributed by atoms with Crippen LogP contribution in [0.2, 0.25) is 0 Å². The summed E-state index contributed by atoms with van der Waals surface area (Å²) >= 11 is 0. The second-order valence-corrected chi connectivity index (χ2v) is 5.89. The minimum atomic E-state index is -3.79. The summed E-state index contributed by atoms with van der Waals surface area (Å²) in [7, 11) is -1.16. The van der Waals surface area contributed by atoms with E-state index in [0.717, 1.165) is 22.8 Å². The van der Waals surface area contributed by atoms with Crippen molar-refractivity contribution in [1.29, 1.82) is 0 Å².